The molecule has 0 radical (unpaired) electrons. The Morgan fingerprint density at radius 1 is 1.11 bits per heavy atom. The summed E-state index contributed by atoms with van der Waals surface area (Å²) in [7, 11) is 1.61. The SMILES string of the molecule is COCCCN(CC1(O)CCC2c3ccc(cc3C(=O)c3ccc(-c4cc(C(F)(F)F)ccc4Cl)o3)CC(O)CCC(C)=CCCC21C)C(=O)NC(C)C. The lowest BCUT2D eigenvalue weighted by atomic mass is 9.64. The number of alkyl halides is 3. The number of hydrogen-bond acceptors (Lipinski definition) is 6. The number of furan rings is 1. The first-order chi connectivity index (χ1) is 25.5. The molecule has 8 nitrogen and oxygen atoms in total. The number of aliphatic hydroxyl groups excluding tert-OH is 1. The van der Waals surface area contributed by atoms with Crippen LogP contribution in [0.15, 0.2) is 64.6 Å². The Bertz CT molecular complexity index is 1840. The smallest absolute Gasteiger partial charge is 0.416 e. The van der Waals surface area contributed by atoms with Gasteiger partial charge in [0.05, 0.1) is 28.8 Å². The second-order valence-corrected chi connectivity index (χ2v) is 15.9. The molecule has 2 amide bonds. The summed E-state index contributed by atoms with van der Waals surface area (Å²) in [4.78, 5) is 29.7. The molecule has 1 aromatic heterocycles. The van der Waals surface area contributed by atoms with Crippen LogP contribution >= 0.6 is 11.6 Å². The largest absolute Gasteiger partial charge is 0.453 e. The molecule has 3 aromatic rings. The predicted molar refractivity (Wildman–Crippen MR) is 203 cm³/mol. The summed E-state index contributed by atoms with van der Waals surface area (Å²) in [5, 5.41) is 26.8. The van der Waals surface area contributed by atoms with Gasteiger partial charge in [-0.3, -0.25) is 4.79 Å². The predicted octanol–water partition coefficient (Wildman–Crippen LogP) is 9.34. The zero-order valence-corrected chi connectivity index (χ0v) is 32.4. The minimum atomic E-state index is -4.60. The fourth-order valence-corrected chi connectivity index (χ4v) is 8.34. The first kappa shape index (κ1) is 41.5. The van der Waals surface area contributed by atoms with Gasteiger partial charge in [0.2, 0.25) is 5.78 Å². The van der Waals surface area contributed by atoms with Crippen molar-refractivity contribution in [2.75, 3.05) is 26.8 Å². The maximum Gasteiger partial charge on any atom is 0.416 e. The molecule has 54 heavy (non-hydrogen) atoms. The van der Waals surface area contributed by atoms with Gasteiger partial charge in [0, 0.05) is 42.8 Å². The van der Waals surface area contributed by atoms with E-state index in [9.17, 15) is 33.0 Å². The van der Waals surface area contributed by atoms with Gasteiger partial charge in [-0.1, -0.05) is 42.3 Å². The summed E-state index contributed by atoms with van der Waals surface area (Å²) in [5.74, 6) is -0.867. The van der Waals surface area contributed by atoms with E-state index in [4.69, 9.17) is 20.8 Å². The van der Waals surface area contributed by atoms with Gasteiger partial charge >= 0.3 is 12.2 Å². The van der Waals surface area contributed by atoms with Crippen molar-refractivity contribution in [1.82, 2.24) is 10.2 Å². The van der Waals surface area contributed by atoms with Crippen LogP contribution in [0.5, 0.6) is 0 Å². The molecule has 4 unspecified atom stereocenters. The average Bonchev–Trinajstić information content (AvgIpc) is 3.69. The number of benzene rings is 2. The number of fused-ring (bicyclic) bond motifs is 8. The van der Waals surface area contributed by atoms with Crippen LogP contribution in [0.1, 0.15) is 111 Å². The molecule has 1 fully saturated rings. The average molecular weight is 773 g/mol. The molecule has 12 heteroatoms. The quantitative estimate of drug-likeness (QED) is 0.108. The molecular formula is C42H52ClF3N2O6. The summed E-state index contributed by atoms with van der Waals surface area (Å²) in [6.07, 6.45) is 1.10. The van der Waals surface area contributed by atoms with Crippen LogP contribution in [0.3, 0.4) is 0 Å². The van der Waals surface area contributed by atoms with E-state index < -0.39 is 34.6 Å². The molecule has 3 aliphatic rings. The molecular weight excluding hydrogens is 721 g/mol. The van der Waals surface area contributed by atoms with E-state index >= 15 is 0 Å². The summed E-state index contributed by atoms with van der Waals surface area (Å²) in [5.41, 5.74) is -0.117. The molecule has 2 aromatic carbocycles. The number of ether oxygens (including phenoxy) is 1. The van der Waals surface area contributed by atoms with Crippen LogP contribution in [-0.2, 0) is 17.3 Å². The summed E-state index contributed by atoms with van der Waals surface area (Å²) in [6, 6.07) is 11.0. The number of halogens is 4. The van der Waals surface area contributed by atoms with Crippen LogP contribution in [0, 0.1) is 5.41 Å². The van der Waals surface area contributed by atoms with Crippen molar-refractivity contribution in [3.8, 4) is 11.3 Å². The lowest BCUT2D eigenvalue weighted by Crippen LogP contribution is -2.56. The van der Waals surface area contributed by atoms with Crippen molar-refractivity contribution < 1.29 is 42.1 Å². The number of nitrogens with zero attached hydrogens (tertiary/aromatic N) is 1. The van der Waals surface area contributed by atoms with Gasteiger partial charge in [-0.2, -0.15) is 13.2 Å². The normalized spacial score (nSPS) is 23.5. The maximum atomic E-state index is 14.5. The van der Waals surface area contributed by atoms with E-state index in [0.717, 1.165) is 29.3 Å². The third kappa shape index (κ3) is 9.24. The van der Waals surface area contributed by atoms with Crippen molar-refractivity contribution >= 4 is 23.4 Å². The van der Waals surface area contributed by atoms with Crippen LogP contribution in [0.4, 0.5) is 18.0 Å². The van der Waals surface area contributed by atoms with Gasteiger partial charge in [0.15, 0.2) is 5.76 Å². The summed E-state index contributed by atoms with van der Waals surface area (Å²) in [6.45, 7) is 8.77. The van der Waals surface area contributed by atoms with Gasteiger partial charge in [-0.05, 0) is 126 Å². The highest BCUT2D eigenvalue weighted by Gasteiger charge is 2.57. The van der Waals surface area contributed by atoms with E-state index in [1.165, 1.54) is 12.1 Å². The number of methoxy groups -OCH3 is 1. The summed E-state index contributed by atoms with van der Waals surface area (Å²) >= 11 is 6.31. The van der Waals surface area contributed by atoms with Crippen LogP contribution in [0.2, 0.25) is 5.02 Å². The van der Waals surface area contributed by atoms with Gasteiger partial charge in [0.1, 0.15) is 5.76 Å². The number of amides is 2. The van der Waals surface area contributed by atoms with Crippen molar-refractivity contribution in [3.05, 3.63) is 93.2 Å². The minimum absolute atomic E-state index is 0.00503. The van der Waals surface area contributed by atoms with Crippen molar-refractivity contribution in [3.63, 3.8) is 0 Å². The zero-order chi connectivity index (χ0) is 39.4. The molecule has 0 spiro atoms. The van der Waals surface area contributed by atoms with E-state index in [1.54, 1.807) is 18.1 Å². The van der Waals surface area contributed by atoms with Crippen LogP contribution < -0.4 is 5.32 Å². The molecule has 294 valence electrons. The Hall–Kier alpha value is -3.64. The number of ketones is 1. The third-order valence-electron chi connectivity index (χ3n) is 11.2. The van der Waals surface area contributed by atoms with Gasteiger partial charge < -0.3 is 29.6 Å². The Kier molecular flexibility index (Phi) is 13.1. The molecule has 1 heterocycles. The highest BCUT2D eigenvalue weighted by molar-refractivity contribution is 6.33. The fourth-order valence-electron chi connectivity index (χ4n) is 8.13. The number of urea groups is 1. The maximum absolute atomic E-state index is 14.5. The zero-order valence-electron chi connectivity index (χ0n) is 31.7. The number of aliphatic hydroxyl groups is 2. The van der Waals surface area contributed by atoms with Gasteiger partial charge in [-0.25, -0.2) is 4.79 Å². The number of carbonyl (C=O) groups is 2. The van der Waals surface area contributed by atoms with Gasteiger partial charge in [-0.15, -0.1) is 0 Å². The number of hydrogen-bond donors (Lipinski definition) is 3. The second kappa shape index (κ2) is 17.0. The Morgan fingerprint density at radius 2 is 1.87 bits per heavy atom. The number of carbonyl (C=O) groups excluding carboxylic acids is 2. The molecule has 0 aliphatic heterocycles. The Morgan fingerprint density at radius 3 is 2.57 bits per heavy atom. The van der Waals surface area contributed by atoms with E-state index in [-0.39, 0.29) is 46.6 Å². The Labute approximate surface area is 320 Å². The number of nitrogens with one attached hydrogen (secondary N) is 1. The number of rotatable bonds is 10. The second-order valence-electron chi connectivity index (χ2n) is 15.5. The molecule has 3 aliphatic carbocycles. The molecule has 3 N–H and O–H groups in total. The first-order valence-corrected chi connectivity index (χ1v) is 19.1. The van der Waals surface area contributed by atoms with Crippen molar-refractivity contribution in [1.29, 1.82) is 0 Å². The summed E-state index contributed by atoms with van der Waals surface area (Å²) < 4.78 is 51.9. The molecule has 4 atom stereocenters. The highest BCUT2D eigenvalue weighted by Crippen LogP contribution is 2.59. The van der Waals surface area contributed by atoms with Gasteiger partial charge in [0.25, 0.3) is 0 Å². The fraction of sp³-hybridized carbons (Fsp3) is 0.524. The topological polar surface area (TPSA) is 112 Å². The minimum Gasteiger partial charge on any atom is -0.453 e. The number of allylic oxidation sites excluding steroid dienone is 2. The first-order valence-electron chi connectivity index (χ1n) is 18.7. The lowest BCUT2D eigenvalue weighted by Gasteiger charge is -2.46. The van der Waals surface area contributed by atoms with Crippen LogP contribution in [0.25, 0.3) is 11.3 Å². The molecule has 1 saturated carbocycles. The Balaban J connectivity index is 1.59. The molecule has 6 rings (SSSR count). The molecule has 2 bridgehead atoms. The van der Waals surface area contributed by atoms with E-state index in [0.29, 0.717) is 75.6 Å². The third-order valence-corrected chi connectivity index (χ3v) is 11.6. The molecule has 0 saturated heterocycles. The monoisotopic (exact) mass is 772 g/mol. The lowest BCUT2D eigenvalue weighted by molar-refractivity contribution is -0.137. The highest BCUT2D eigenvalue weighted by atomic mass is 35.5. The van der Waals surface area contributed by atoms with E-state index in [2.05, 4.69) is 11.4 Å². The van der Waals surface area contributed by atoms with Crippen molar-refractivity contribution in [2.24, 2.45) is 5.41 Å². The van der Waals surface area contributed by atoms with E-state index in [1.807, 2.05) is 39.8 Å². The van der Waals surface area contributed by atoms with Crippen molar-refractivity contribution in [2.45, 2.75) is 109 Å². The van der Waals surface area contributed by atoms with Crippen LogP contribution in [-0.4, -0.2) is 71.5 Å². The standard InChI is InChI=1S/C42H52ClF3N2O6/c1-26(2)47-39(51)48(20-7-21-53-5)25-41(52)19-17-34-31-13-10-28(22-30(49)12-9-27(3)8-6-18-40(34,41)4)23-32(31)38(50)37-16-15-36(54-37)33-24-29(42(44,45)46)11-14-35(33)43/h8,10-11,13-16,23-24,26,30,34,49,52H,6-7,9,12,17-22,25H2,1-5H3,(H,47,51).